The van der Waals surface area contributed by atoms with Crippen LogP contribution in [0.2, 0.25) is 0 Å². The number of methoxy groups -OCH3 is 1. The van der Waals surface area contributed by atoms with Crippen molar-refractivity contribution in [2.24, 2.45) is 13.0 Å². The van der Waals surface area contributed by atoms with Gasteiger partial charge in [0, 0.05) is 30.8 Å². The maximum absolute atomic E-state index is 12.4. The Hall–Kier alpha value is -2.83. The molecule has 7 heteroatoms. The lowest BCUT2D eigenvalue weighted by molar-refractivity contribution is -0.120. The van der Waals surface area contributed by atoms with Crippen molar-refractivity contribution in [3.05, 3.63) is 36.0 Å². The molecule has 1 aliphatic rings. The van der Waals surface area contributed by atoms with E-state index in [1.54, 1.807) is 44.5 Å². The molecule has 1 aliphatic carbocycles. The second kappa shape index (κ2) is 8.03. The molecule has 2 aromatic rings. The number of nitrogens with zero attached hydrogens (tertiary/aromatic N) is 2. The molecule has 1 saturated carbocycles. The Morgan fingerprint density at radius 1 is 1.15 bits per heavy atom. The quantitative estimate of drug-likeness (QED) is 0.861. The van der Waals surface area contributed by atoms with Gasteiger partial charge in [0.2, 0.25) is 5.91 Å². The van der Waals surface area contributed by atoms with Gasteiger partial charge in [0.05, 0.1) is 7.11 Å². The summed E-state index contributed by atoms with van der Waals surface area (Å²) in [6.07, 6.45) is 5.24. The summed E-state index contributed by atoms with van der Waals surface area (Å²) in [4.78, 5) is 24.8. The van der Waals surface area contributed by atoms with Crippen LogP contribution in [0.15, 0.2) is 30.3 Å². The molecule has 0 radical (unpaired) electrons. The number of carbonyl (C=O) groups excluding carboxylic acids is 2. The molecule has 1 aromatic carbocycles. The molecular weight excluding hydrogens is 332 g/mol. The largest absolute Gasteiger partial charge is 0.497 e. The SMILES string of the molecule is COc1cccc(NC(=O)c2cc(NC(=O)C3CCCCC3)n(C)n2)c1. The minimum absolute atomic E-state index is 0.00690. The van der Waals surface area contributed by atoms with Crippen molar-refractivity contribution in [2.45, 2.75) is 32.1 Å². The number of hydrogen-bond acceptors (Lipinski definition) is 4. The first kappa shape index (κ1) is 18.0. The number of benzene rings is 1. The molecule has 7 nitrogen and oxygen atoms in total. The molecule has 1 heterocycles. The zero-order chi connectivity index (χ0) is 18.5. The van der Waals surface area contributed by atoms with E-state index in [2.05, 4.69) is 15.7 Å². The Morgan fingerprint density at radius 3 is 2.65 bits per heavy atom. The minimum Gasteiger partial charge on any atom is -0.497 e. The van der Waals surface area contributed by atoms with E-state index in [9.17, 15) is 9.59 Å². The average molecular weight is 356 g/mol. The molecule has 26 heavy (non-hydrogen) atoms. The predicted molar refractivity (Wildman–Crippen MR) is 99.4 cm³/mol. The summed E-state index contributed by atoms with van der Waals surface area (Å²) in [5, 5.41) is 9.89. The first-order valence-electron chi connectivity index (χ1n) is 8.87. The van der Waals surface area contributed by atoms with Crippen molar-refractivity contribution in [2.75, 3.05) is 17.7 Å². The Labute approximate surface area is 152 Å². The van der Waals surface area contributed by atoms with Crippen molar-refractivity contribution in [1.82, 2.24) is 9.78 Å². The molecule has 138 valence electrons. The zero-order valence-corrected chi connectivity index (χ0v) is 15.1. The third-order valence-electron chi connectivity index (χ3n) is 4.67. The number of carbonyl (C=O) groups is 2. The molecular formula is C19H24N4O3. The minimum atomic E-state index is -0.341. The standard InChI is InChI=1S/C19H24N4O3/c1-23-17(21-18(24)13-7-4-3-5-8-13)12-16(22-23)19(25)20-14-9-6-10-15(11-14)26-2/h6,9-13H,3-5,7-8H2,1-2H3,(H,20,25)(H,21,24). The zero-order valence-electron chi connectivity index (χ0n) is 15.1. The second-order valence-corrected chi connectivity index (χ2v) is 6.55. The Balaban J connectivity index is 1.66. The van der Waals surface area contributed by atoms with Crippen LogP contribution in [-0.4, -0.2) is 28.7 Å². The van der Waals surface area contributed by atoms with E-state index < -0.39 is 0 Å². The highest BCUT2D eigenvalue weighted by atomic mass is 16.5. The molecule has 0 atom stereocenters. The summed E-state index contributed by atoms with van der Waals surface area (Å²) in [6.45, 7) is 0. The first-order chi connectivity index (χ1) is 12.6. The predicted octanol–water partition coefficient (Wildman–Crippen LogP) is 3.20. The van der Waals surface area contributed by atoms with Gasteiger partial charge in [0.1, 0.15) is 11.6 Å². The lowest BCUT2D eigenvalue weighted by atomic mass is 9.89. The van der Waals surface area contributed by atoms with Crippen LogP contribution in [0, 0.1) is 5.92 Å². The number of anilines is 2. The fourth-order valence-electron chi connectivity index (χ4n) is 3.18. The number of ether oxygens (including phenoxy) is 1. The summed E-state index contributed by atoms with van der Waals surface area (Å²) in [6, 6.07) is 8.69. The van der Waals surface area contributed by atoms with Crippen LogP contribution in [0.25, 0.3) is 0 Å². The third-order valence-corrected chi connectivity index (χ3v) is 4.67. The maximum atomic E-state index is 12.4. The monoisotopic (exact) mass is 356 g/mol. The van der Waals surface area contributed by atoms with Gasteiger partial charge >= 0.3 is 0 Å². The van der Waals surface area contributed by atoms with Crippen LogP contribution in [0.1, 0.15) is 42.6 Å². The van der Waals surface area contributed by atoms with Crippen LogP contribution in [0.5, 0.6) is 5.75 Å². The molecule has 0 bridgehead atoms. The highest BCUT2D eigenvalue weighted by molar-refractivity contribution is 6.04. The van der Waals surface area contributed by atoms with Crippen LogP contribution >= 0.6 is 0 Å². The third kappa shape index (κ3) is 4.22. The van der Waals surface area contributed by atoms with Gasteiger partial charge in [-0.2, -0.15) is 5.10 Å². The molecule has 0 unspecified atom stereocenters. The smallest absolute Gasteiger partial charge is 0.276 e. The van der Waals surface area contributed by atoms with Crippen molar-refractivity contribution in [3.63, 3.8) is 0 Å². The highest BCUT2D eigenvalue weighted by Gasteiger charge is 2.22. The van der Waals surface area contributed by atoms with Crippen LogP contribution < -0.4 is 15.4 Å². The van der Waals surface area contributed by atoms with E-state index >= 15 is 0 Å². The van der Waals surface area contributed by atoms with Crippen molar-refractivity contribution in [1.29, 1.82) is 0 Å². The molecule has 2 amide bonds. The van der Waals surface area contributed by atoms with Crippen molar-refractivity contribution >= 4 is 23.3 Å². The number of rotatable bonds is 5. The van der Waals surface area contributed by atoms with Crippen molar-refractivity contribution in [3.8, 4) is 5.75 Å². The van der Waals surface area contributed by atoms with E-state index in [1.807, 2.05) is 0 Å². The summed E-state index contributed by atoms with van der Waals surface area (Å²) in [5.74, 6) is 0.896. The van der Waals surface area contributed by atoms with Gasteiger partial charge in [-0.15, -0.1) is 0 Å². The lowest BCUT2D eigenvalue weighted by Crippen LogP contribution is -2.25. The van der Waals surface area contributed by atoms with Crippen LogP contribution in [-0.2, 0) is 11.8 Å². The van der Waals surface area contributed by atoms with E-state index in [-0.39, 0.29) is 23.4 Å². The number of hydrogen-bond donors (Lipinski definition) is 2. The van der Waals surface area contributed by atoms with Gasteiger partial charge < -0.3 is 15.4 Å². The molecule has 2 N–H and O–H groups in total. The van der Waals surface area contributed by atoms with Crippen LogP contribution in [0.4, 0.5) is 11.5 Å². The van der Waals surface area contributed by atoms with Crippen LogP contribution in [0.3, 0.4) is 0 Å². The van der Waals surface area contributed by atoms with Gasteiger partial charge in [-0.05, 0) is 25.0 Å². The van der Waals surface area contributed by atoms with Crippen molar-refractivity contribution < 1.29 is 14.3 Å². The maximum Gasteiger partial charge on any atom is 0.276 e. The summed E-state index contributed by atoms with van der Waals surface area (Å²) >= 11 is 0. The first-order valence-corrected chi connectivity index (χ1v) is 8.87. The topological polar surface area (TPSA) is 85.3 Å². The van der Waals surface area contributed by atoms with E-state index in [0.29, 0.717) is 17.3 Å². The molecule has 0 aliphatic heterocycles. The Morgan fingerprint density at radius 2 is 1.92 bits per heavy atom. The fourth-order valence-corrected chi connectivity index (χ4v) is 3.18. The normalized spacial score (nSPS) is 14.7. The van der Waals surface area contributed by atoms with Gasteiger partial charge in [-0.3, -0.25) is 14.3 Å². The average Bonchev–Trinajstić information content (AvgIpc) is 3.03. The molecule has 1 fully saturated rings. The number of aryl methyl sites for hydroxylation is 1. The number of amides is 2. The Bertz CT molecular complexity index is 794. The molecule has 1 aromatic heterocycles. The molecule has 0 spiro atoms. The van der Waals surface area contributed by atoms with Gasteiger partial charge in [0.25, 0.3) is 5.91 Å². The highest BCUT2D eigenvalue weighted by Crippen LogP contribution is 2.25. The van der Waals surface area contributed by atoms with Gasteiger partial charge in [-0.25, -0.2) is 0 Å². The Kier molecular flexibility index (Phi) is 5.55. The second-order valence-electron chi connectivity index (χ2n) is 6.55. The van der Waals surface area contributed by atoms with E-state index in [1.165, 1.54) is 11.1 Å². The summed E-state index contributed by atoms with van der Waals surface area (Å²) < 4.78 is 6.66. The number of nitrogens with one attached hydrogen (secondary N) is 2. The summed E-state index contributed by atoms with van der Waals surface area (Å²) in [7, 11) is 3.28. The fraction of sp³-hybridized carbons (Fsp3) is 0.421. The number of aromatic nitrogens is 2. The van der Waals surface area contributed by atoms with E-state index in [4.69, 9.17) is 4.74 Å². The molecule has 0 saturated heterocycles. The van der Waals surface area contributed by atoms with Gasteiger partial charge in [0.15, 0.2) is 5.69 Å². The van der Waals surface area contributed by atoms with E-state index in [0.717, 1.165) is 25.7 Å². The molecule has 3 rings (SSSR count). The summed E-state index contributed by atoms with van der Waals surface area (Å²) in [5.41, 5.74) is 0.863. The van der Waals surface area contributed by atoms with Gasteiger partial charge in [-0.1, -0.05) is 25.3 Å². The lowest BCUT2D eigenvalue weighted by Gasteiger charge is -2.20.